The first-order valence-electron chi connectivity index (χ1n) is 6.29. The van der Waals surface area contributed by atoms with Gasteiger partial charge in [-0.3, -0.25) is 0 Å². The molecule has 0 bridgehead atoms. The molecule has 2 aromatic rings. The van der Waals surface area contributed by atoms with Gasteiger partial charge in [0, 0.05) is 6.04 Å². The van der Waals surface area contributed by atoms with Crippen molar-refractivity contribution in [2.45, 2.75) is 31.7 Å². The van der Waals surface area contributed by atoms with E-state index in [1.54, 1.807) is 13.8 Å². The molecule has 5 nitrogen and oxygen atoms in total. The van der Waals surface area contributed by atoms with Gasteiger partial charge in [-0.2, -0.15) is 0 Å². The van der Waals surface area contributed by atoms with E-state index in [2.05, 4.69) is 5.16 Å². The molecule has 108 valence electrons. The summed E-state index contributed by atoms with van der Waals surface area (Å²) < 4.78 is 29.7. The van der Waals surface area contributed by atoms with Crippen LogP contribution in [0.1, 0.15) is 28.6 Å². The molecule has 1 unspecified atom stereocenters. The maximum absolute atomic E-state index is 12.4. The monoisotopic (exact) mass is 294 g/mol. The molecular weight excluding hydrogens is 276 g/mol. The minimum Gasteiger partial charge on any atom is -0.360 e. The molecule has 0 aliphatic carbocycles. The van der Waals surface area contributed by atoms with Crippen molar-refractivity contribution in [3.05, 3.63) is 46.8 Å². The summed E-state index contributed by atoms with van der Waals surface area (Å²) in [6.45, 7) is 5.17. The average Bonchev–Trinajstić information content (AvgIpc) is 2.69. The number of hydrogen-bond acceptors (Lipinski definition) is 5. The van der Waals surface area contributed by atoms with Gasteiger partial charge in [0.15, 0.2) is 15.6 Å². The van der Waals surface area contributed by atoms with Crippen molar-refractivity contribution in [2.24, 2.45) is 5.73 Å². The summed E-state index contributed by atoms with van der Waals surface area (Å²) in [4.78, 5) is 0.153. The normalized spacial score (nSPS) is 13.4. The van der Waals surface area contributed by atoms with Crippen LogP contribution in [0.5, 0.6) is 0 Å². The Hall–Kier alpha value is -1.66. The van der Waals surface area contributed by atoms with Crippen LogP contribution in [0, 0.1) is 20.8 Å². The Balaban J connectivity index is 2.27. The Morgan fingerprint density at radius 1 is 1.20 bits per heavy atom. The van der Waals surface area contributed by atoms with Crippen molar-refractivity contribution in [1.29, 1.82) is 0 Å². The van der Waals surface area contributed by atoms with Crippen LogP contribution in [-0.4, -0.2) is 19.3 Å². The molecule has 0 amide bonds. The average molecular weight is 294 g/mol. The van der Waals surface area contributed by atoms with Crippen LogP contribution < -0.4 is 5.73 Å². The van der Waals surface area contributed by atoms with Gasteiger partial charge in [0.05, 0.1) is 11.4 Å². The standard InChI is InChI=1S/C14H18N2O3S/c1-9-4-6-12(7-5-9)13(15)8-20(17,18)14-10(2)16-19-11(14)3/h4-7,13H,8,15H2,1-3H3. The van der Waals surface area contributed by atoms with Crippen LogP contribution in [0.25, 0.3) is 0 Å². The highest BCUT2D eigenvalue weighted by molar-refractivity contribution is 7.91. The van der Waals surface area contributed by atoms with Crippen molar-refractivity contribution in [1.82, 2.24) is 5.16 Å². The van der Waals surface area contributed by atoms with E-state index in [1.807, 2.05) is 31.2 Å². The van der Waals surface area contributed by atoms with Gasteiger partial charge >= 0.3 is 0 Å². The molecule has 0 saturated heterocycles. The first-order chi connectivity index (χ1) is 9.31. The van der Waals surface area contributed by atoms with E-state index in [-0.39, 0.29) is 10.6 Å². The lowest BCUT2D eigenvalue weighted by Crippen LogP contribution is -2.22. The smallest absolute Gasteiger partial charge is 0.185 e. The molecule has 6 heteroatoms. The highest BCUT2D eigenvalue weighted by atomic mass is 32.2. The Morgan fingerprint density at radius 3 is 2.30 bits per heavy atom. The van der Waals surface area contributed by atoms with Gasteiger partial charge in [-0.1, -0.05) is 35.0 Å². The van der Waals surface area contributed by atoms with Gasteiger partial charge in [0.25, 0.3) is 0 Å². The fraction of sp³-hybridized carbons (Fsp3) is 0.357. The summed E-state index contributed by atoms with van der Waals surface area (Å²) in [5.41, 5.74) is 8.28. The van der Waals surface area contributed by atoms with Crippen LogP contribution in [0.4, 0.5) is 0 Å². The second-order valence-corrected chi connectivity index (χ2v) is 6.92. The number of nitrogens with zero attached hydrogens (tertiary/aromatic N) is 1. The first-order valence-corrected chi connectivity index (χ1v) is 7.94. The molecule has 2 N–H and O–H groups in total. The molecule has 0 fully saturated rings. The van der Waals surface area contributed by atoms with Crippen LogP contribution in [0.15, 0.2) is 33.7 Å². The lowest BCUT2D eigenvalue weighted by atomic mass is 10.1. The quantitative estimate of drug-likeness (QED) is 0.933. The predicted molar refractivity (Wildman–Crippen MR) is 76.1 cm³/mol. The van der Waals surface area contributed by atoms with Crippen molar-refractivity contribution in [2.75, 3.05) is 5.75 Å². The SMILES string of the molecule is Cc1ccc(C(N)CS(=O)(=O)c2c(C)noc2C)cc1. The minimum absolute atomic E-state index is 0.153. The van der Waals surface area contributed by atoms with E-state index in [4.69, 9.17) is 10.3 Å². The zero-order valence-electron chi connectivity index (χ0n) is 11.8. The summed E-state index contributed by atoms with van der Waals surface area (Å²) in [5, 5.41) is 3.68. The Labute approximate surface area is 118 Å². The Kier molecular flexibility index (Phi) is 3.96. The Morgan fingerprint density at radius 2 is 1.80 bits per heavy atom. The Bertz CT molecular complexity index is 683. The lowest BCUT2D eigenvalue weighted by Gasteiger charge is -2.12. The van der Waals surface area contributed by atoms with Gasteiger partial charge in [0.1, 0.15) is 4.90 Å². The number of rotatable bonds is 4. The fourth-order valence-electron chi connectivity index (χ4n) is 2.15. The molecule has 1 atom stereocenters. The van der Waals surface area contributed by atoms with Gasteiger partial charge in [-0.05, 0) is 26.3 Å². The number of benzene rings is 1. The molecule has 1 aromatic heterocycles. The van der Waals surface area contributed by atoms with Crippen molar-refractivity contribution < 1.29 is 12.9 Å². The highest BCUT2D eigenvalue weighted by Gasteiger charge is 2.26. The van der Waals surface area contributed by atoms with Gasteiger partial charge in [-0.15, -0.1) is 0 Å². The predicted octanol–water partition coefficient (Wildman–Crippen LogP) is 2.07. The fourth-order valence-corrected chi connectivity index (χ4v) is 3.94. The number of aryl methyl sites for hydroxylation is 3. The summed E-state index contributed by atoms with van der Waals surface area (Å²) in [5.74, 6) is 0.137. The summed E-state index contributed by atoms with van der Waals surface area (Å²) in [7, 11) is -3.52. The third kappa shape index (κ3) is 2.91. The first kappa shape index (κ1) is 14.7. The third-order valence-corrected chi connectivity index (χ3v) is 5.19. The van der Waals surface area contributed by atoms with E-state index in [0.717, 1.165) is 11.1 Å². The zero-order chi connectivity index (χ0) is 14.9. The topological polar surface area (TPSA) is 86.2 Å². The number of aromatic nitrogens is 1. The van der Waals surface area contributed by atoms with E-state index in [9.17, 15) is 8.42 Å². The van der Waals surface area contributed by atoms with E-state index in [0.29, 0.717) is 11.5 Å². The lowest BCUT2D eigenvalue weighted by molar-refractivity contribution is 0.390. The van der Waals surface area contributed by atoms with Crippen LogP contribution >= 0.6 is 0 Å². The molecule has 0 aliphatic heterocycles. The van der Waals surface area contributed by atoms with Gasteiger partial charge in [-0.25, -0.2) is 8.42 Å². The molecule has 0 saturated carbocycles. The van der Waals surface area contributed by atoms with Crippen LogP contribution in [0.3, 0.4) is 0 Å². The third-order valence-electron chi connectivity index (χ3n) is 3.18. The summed E-state index contributed by atoms with van der Waals surface area (Å²) >= 11 is 0. The molecule has 20 heavy (non-hydrogen) atoms. The van der Waals surface area contributed by atoms with Gasteiger partial charge < -0.3 is 10.3 Å². The van der Waals surface area contributed by atoms with E-state index >= 15 is 0 Å². The molecule has 1 heterocycles. The second kappa shape index (κ2) is 5.38. The summed E-state index contributed by atoms with van der Waals surface area (Å²) in [6, 6.07) is 6.95. The maximum atomic E-state index is 12.4. The van der Waals surface area contributed by atoms with Crippen LogP contribution in [0.2, 0.25) is 0 Å². The van der Waals surface area contributed by atoms with E-state index in [1.165, 1.54) is 0 Å². The molecule has 1 aromatic carbocycles. The van der Waals surface area contributed by atoms with E-state index < -0.39 is 15.9 Å². The molecule has 0 aliphatic rings. The molecule has 2 rings (SSSR count). The van der Waals surface area contributed by atoms with Crippen molar-refractivity contribution in [3.8, 4) is 0 Å². The molecule has 0 spiro atoms. The minimum atomic E-state index is -3.52. The number of hydrogen-bond donors (Lipinski definition) is 1. The second-order valence-electron chi connectivity index (χ2n) is 4.95. The maximum Gasteiger partial charge on any atom is 0.185 e. The number of sulfone groups is 1. The van der Waals surface area contributed by atoms with Crippen LogP contribution in [-0.2, 0) is 9.84 Å². The van der Waals surface area contributed by atoms with Crippen molar-refractivity contribution >= 4 is 9.84 Å². The van der Waals surface area contributed by atoms with Gasteiger partial charge in [0.2, 0.25) is 0 Å². The van der Waals surface area contributed by atoms with Crippen molar-refractivity contribution in [3.63, 3.8) is 0 Å². The highest BCUT2D eigenvalue weighted by Crippen LogP contribution is 2.24. The largest absolute Gasteiger partial charge is 0.360 e. The summed E-state index contributed by atoms with van der Waals surface area (Å²) in [6.07, 6.45) is 0. The molecule has 0 radical (unpaired) electrons. The zero-order valence-corrected chi connectivity index (χ0v) is 12.6. The number of nitrogens with two attached hydrogens (primary N) is 1. The molecular formula is C14H18N2O3S.